The molecule has 1 heterocycles. The minimum Gasteiger partial charge on any atom is -0.481 e. The van der Waals surface area contributed by atoms with Crippen molar-refractivity contribution in [1.29, 1.82) is 0 Å². The highest BCUT2D eigenvalue weighted by molar-refractivity contribution is 6.12. The van der Waals surface area contributed by atoms with E-state index in [1.807, 2.05) is 42.5 Å². The van der Waals surface area contributed by atoms with Gasteiger partial charge in [0.05, 0.1) is 5.92 Å². The molecule has 8 nitrogen and oxygen atoms in total. The second-order valence-corrected chi connectivity index (χ2v) is 6.85. The summed E-state index contributed by atoms with van der Waals surface area (Å²) in [6.07, 6.45) is 1.61. The number of rotatable bonds is 8. The van der Waals surface area contributed by atoms with Crippen LogP contribution in [0.5, 0.6) is 0 Å². The number of carboxylic acids is 1. The van der Waals surface area contributed by atoms with Crippen LogP contribution in [0.1, 0.15) is 24.0 Å². The molecule has 0 saturated carbocycles. The summed E-state index contributed by atoms with van der Waals surface area (Å²) in [5, 5.41) is 17.1. The van der Waals surface area contributed by atoms with E-state index in [1.165, 1.54) is 0 Å². The molecule has 2 aromatic carbocycles. The van der Waals surface area contributed by atoms with Crippen LogP contribution in [0.15, 0.2) is 64.9 Å². The second kappa shape index (κ2) is 10.3. The lowest BCUT2D eigenvalue weighted by molar-refractivity contribution is -0.143. The first-order valence-electron chi connectivity index (χ1n) is 9.53. The average molecular weight is 393 g/mol. The van der Waals surface area contributed by atoms with Gasteiger partial charge in [0, 0.05) is 34.8 Å². The van der Waals surface area contributed by atoms with Crippen LogP contribution in [0.4, 0.5) is 5.69 Å². The van der Waals surface area contributed by atoms with Crippen LogP contribution in [-0.4, -0.2) is 47.9 Å². The molecular weight excluding hydrogens is 370 g/mol. The van der Waals surface area contributed by atoms with E-state index in [2.05, 4.69) is 20.1 Å². The second-order valence-electron chi connectivity index (χ2n) is 6.85. The van der Waals surface area contributed by atoms with Gasteiger partial charge in [0.15, 0.2) is 0 Å². The molecule has 1 unspecified atom stereocenters. The molecule has 3 rings (SSSR count). The van der Waals surface area contributed by atoms with Crippen molar-refractivity contribution in [3.05, 3.63) is 76.2 Å². The van der Waals surface area contributed by atoms with E-state index in [9.17, 15) is 9.90 Å². The predicted molar refractivity (Wildman–Crippen MR) is 110 cm³/mol. The molecule has 0 bridgehead atoms. The molecule has 0 aliphatic carbocycles. The van der Waals surface area contributed by atoms with E-state index in [0.717, 1.165) is 30.5 Å². The molecular formula is C21H23N5O3. The summed E-state index contributed by atoms with van der Waals surface area (Å²) in [6.45, 7) is 2.43. The van der Waals surface area contributed by atoms with Crippen LogP contribution in [0.2, 0.25) is 0 Å². The number of azide groups is 1. The summed E-state index contributed by atoms with van der Waals surface area (Å²) in [7, 11) is 0. The van der Waals surface area contributed by atoms with Crippen LogP contribution < -0.4 is 0 Å². The molecule has 1 aliphatic rings. The van der Waals surface area contributed by atoms with Crippen LogP contribution in [0.25, 0.3) is 10.4 Å². The Morgan fingerprint density at radius 2 is 1.90 bits per heavy atom. The molecule has 1 fully saturated rings. The monoisotopic (exact) mass is 393 g/mol. The summed E-state index contributed by atoms with van der Waals surface area (Å²) < 4.78 is 0. The highest BCUT2D eigenvalue weighted by Crippen LogP contribution is 2.18. The third kappa shape index (κ3) is 5.81. The first kappa shape index (κ1) is 20.4. The van der Waals surface area contributed by atoms with Crippen LogP contribution in [0.3, 0.4) is 0 Å². The van der Waals surface area contributed by atoms with Crippen LogP contribution >= 0.6 is 0 Å². The molecule has 0 spiro atoms. The van der Waals surface area contributed by atoms with Gasteiger partial charge in [-0.3, -0.25) is 9.69 Å². The van der Waals surface area contributed by atoms with E-state index in [0.29, 0.717) is 31.1 Å². The largest absolute Gasteiger partial charge is 0.481 e. The van der Waals surface area contributed by atoms with Gasteiger partial charge >= 0.3 is 5.97 Å². The highest BCUT2D eigenvalue weighted by Gasteiger charge is 2.25. The van der Waals surface area contributed by atoms with Crippen molar-refractivity contribution in [2.24, 2.45) is 16.2 Å². The van der Waals surface area contributed by atoms with Gasteiger partial charge < -0.3 is 9.94 Å². The van der Waals surface area contributed by atoms with Gasteiger partial charge in [-0.15, -0.1) is 0 Å². The normalized spacial score (nSPS) is 17.4. The summed E-state index contributed by atoms with van der Waals surface area (Å²) in [6, 6.07) is 16.8. The van der Waals surface area contributed by atoms with Gasteiger partial charge in [0.25, 0.3) is 0 Å². The topological polar surface area (TPSA) is 111 Å². The minimum atomic E-state index is -0.732. The van der Waals surface area contributed by atoms with Gasteiger partial charge in [-0.2, -0.15) is 0 Å². The maximum atomic E-state index is 11.2. The van der Waals surface area contributed by atoms with Gasteiger partial charge in [0.1, 0.15) is 12.3 Å². The number of piperidine rings is 1. The number of hydrogen-bond donors (Lipinski definition) is 1. The molecule has 1 N–H and O–H groups in total. The van der Waals surface area contributed by atoms with Crippen molar-refractivity contribution >= 4 is 17.4 Å². The number of benzene rings is 2. The van der Waals surface area contributed by atoms with Crippen molar-refractivity contribution in [1.82, 2.24) is 4.90 Å². The molecule has 0 amide bonds. The van der Waals surface area contributed by atoms with E-state index in [-0.39, 0.29) is 5.92 Å². The number of aliphatic carboxylic acids is 1. The van der Waals surface area contributed by atoms with Crippen LogP contribution in [0, 0.1) is 5.92 Å². The molecule has 1 atom stereocenters. The number of carbonyl (C=O) groups is 1. The molecule has 0 aromatic heterocycles. The Balaban J connectivity index is 1.67. The Morgan fingerprint density at radius 1 is 1.17 bits per heavy atom. The van der Waals surface area contributed by atoms with Gasteiger partial charge in [-0.25, -0.2) is 0 Å². The summed E-state index contributed by atoms with van der Waals surface area (Å²) in [4.78, 5) is 21.7. The quantitative estimate of drug-likeness (QED) is 0.181. The van der Waals surface area contributed by atoms with Crippen molar-refractivity contribution < 1.29 is 14.7 Å². The van der Waals surface area contributed by atoms with Crippen LogP contribution in [-0.2, 0) is 9.63 Å². The van der Waals surface area contributed by atoms with E-state index < -0.39 is 5.97 Å². The Labute approximate surface area is 169 Å². The molecule has 1 aliphatic heterocycles. The van der Waals surface area contributed by atoms with Crippen molar-refractivity contribution in [2.75, 3.05) is 26.2 Å². The summed E-state index contributed by atoms with van der Waals surface area (Å²) >= 11 is 0. The summed E-state index contributed by atoms with van der Waals surface area (Å²) in [5.74, 6) is -1.04. The Kier molecular flexibility index (Phi) is 7.22. The number of likely N-dealkylation sites (tertiary alicyclic amines) is 1. The Bertz CT molecular complexity index is 892. The Hall–Kier alpha value is -3.35. The van der Waals surface area contributed by atoms with Crippen molar-refractivity contribution in [2.45, 2.75) is 12.8 Å². The zero-order valence-electron chi connectivity index (χ0n) is 16.0. The van der Waals surface area contributed by atoms with Gasteiger partial charge in [-0.1, -0.05) is 64.9 Å². The fourth-order valence-corrected chi connectivity index (χ4v) is 3.35. The number of hydrogen-bond acceptors (Lipinski definition) is 5. The molecule has 150 valence electrons. The van der Waals surface area contributed by atoms with E-state index >= 15 is 0 Å². The van der Waals surface area contributed by atoms with Gasteiger partial charge in [0.2, 0.25) is 0 Å². The standard InChI is InChI=1S/C21H23N5O3/c22-25-23-19-10-8-17(9-11-19)20(16-5-2-1-3-6-16)24-29-14-13-26-12-4-7-18(15-26)21(27)28/h1-3,5-6,8-11,18H,4,7,12-15H2,(H,27,28)/b24-20-. The molecule has 29 heavy (non-hydrogen) atoms. The van der Waals surface area contributed by atoms with Crippen molar-refractivity contribution in [3.8, 4) is 0 Å². The summed E-state index contributed by atoms with van der Waals surface area (Å²) in [5.41, 5.74) is 11.5. The molecule has 2 aromatic rings. The number of carboxylic acid groups (broad SMARTS) is 1. The smallest absolute Gasteiger partial charge is 0.307 e. The fraction of sp³-hybridized carbons (Fsp3) is 0.333. The first-order chi connectivity index (χ1) is 14.2. The first-order valence-corrected chi connectivity index (χ1v) is 9.53. The third-order valence-corrected chi connectivity index (χ3v) is 4.86. The lowest BCUT2D eigenvalue weighted by Gasteiger charge is -2.29. The predicted octanol–water partition coefficient (Wildman–Crippen LogP) is 4.19. The lowest BCUT2D eigenvalue weighted by atomic mass is 9.98. The third-order valence-electron chi connectivity index (χ3n) is 4.86. The molecule has 0 radical (unpaired) electrons. The average Bonchev–Trinajstić information content (AvgIpc) is 2.75. The van der Waals surface area contributed by atoms with E-state index in [4.69, 9.17) is 10.4 Å². The zero-order chi connectivity index (χ0) is 20.5. The maximum Gasteiger partial charge on any atom is 0.307 e. The SMILES string of the molecule is [N-]=[N+]=Nc1ccc(/C(=N\OCCN2CCCC(C(=O)O)C2)c2ccccc2)cc1. The molecule has 1 saturated heterocycles. The van der Waals surface area contributed by atoms with E-state index in [1.54, 1.807) is 12.1 Å². The maximum absolute atomic E-state index is 11.2. The van der Waals surface area contributed by atoms with Crippen molar-refractivity contribution in [3.63, 3.8) is 0 Å². The Morgan fingerprint density at radius 3 is 2.59 bits per heavy atom. The zero-order valence-corrected chi connectivity index (χ0v) is 16.0. The number of oxime groups is 1. The minimum absolute atomic E-state index is 0.304. The number of nitrogens with zero attached hydrogens (tertiary/aromatic N) is 5. The highest BCUT2D eigenvalue weighted by atomic mass is 16.6. The van der Waals surface area contributed by atoms with Gasteiger partial charge in [-0.05, 0) is 24.9 Å². The lowest BCUT2D eigenvalue weighted by Crippen LogP contribution is -2.40. The fourth-order valence-electron chi connectivity index (χ4n) is 3.35. The molecule has 8 heteroatoms.